The third kappa shape index (κ3) is 9.17. The number of imide groups is 2. The summed E-state index contributed by atoms with van der Waals surface area (Å²) >= 11 is 0. The summed E-state index contributed by atoms with van der Waals surface area (Å²) in [5, 5.41) is 23.2. The van der Waals surface area contributed by atoms with E-state index >= 15 is 4.39 Å². The van der Waals surface area contributed by atoms with Crippen LogP contribution in [0.25, 0.3) is 32.9 Å². The molecule has 378 valence electrons. The highest BCUT2D eigenvalue weighted by Gasteiger charge is 2.51. The Morgan fingerprint density at radius 2 is 1.84 bits per heavy atom. The maximum atomic E-state index is 16.9. The second-order valence-corrected chi connectivity index (χ2v) is 19.5. The van der Waals surface area contributed by atoms with Gasteiger partial charge >= 0.3 is 6.01 Å². The Hall–Kier alpha value is -7.60. The number of terminal acetylenes is 1. The van der Waals surface area contributed by atoms with Crippen LogP contribution in [0.2, 0.25) is 0 Å². The zero-order valence-electron chi connectivity index (χ0n) is 40.1. The number of hydrogen-bond donors (Lipinski definition) is 5. The van der Waals surface area contributed by atoms with Gasteiger partial charge in [-0.2, -0.15) is 9.97 Å². The van der Waals surface area contributed by atoms with Crippen molar-refractivity contribution in [3.8, 4) is 35.4 Å². The fourth-order valence-electron chi connectivity index (χ4n) is 11.5. The van der Waals surface area contributed by atoms with Gasteiger partial charge in [0.15, 0.2) is 5.82 Å². The number of nitrogens with one attached hydrogen (secondary N) is 4. The van der Waals surface area contributed by atoms with Crippen molar-refractivity contribution in [3.05, 3.63) is 89.1 Å². The number of hydrogen-bond acceptors (Lipinski definition) is 15. The lowest BCUT2D eigenvalue weighted by molar-refractivity contribution is -0.136. The van der Waals surface area contributed by atoms with Gasteiger partial charge in [-0.05, 0) is 80.7 Å². The first kappa shape index (κ1) is 49.0. The van der Waals surface area contributed by atoms with Crippen LogP contribution >= 0.6 is 0 Å². The smallest absolute Gasteiger partial charge is 0.319 e. The number of anilines is 2. The zero-order chi connectivity index (χ0) is 51.1. The maximum Gasteiger partial charge on any atom is 0.319 e. The van der Waals surface area contributed by atoms with E-state index in [9.17, 15) is 33.5 Å². The molecule has 11 rings (SSSR count). The second-order valence-electron chi connectivity index (χ2n) is 19.5. The van der Waals surface area contributed by atoms with Crippen LogP contribution in [-0.4, -0.2) is 143 Å². The van der Waals surface area contributed by atoms with E-state index in [-0.39, 0.29) is 75.0 Å². The molecule has 5 unspecified atom stereocenters. The van der Waals surface area contributed by atoms with Crippen molar-refractivity contribution in [2.24, 2.45) is 0 Å². The number of benzene rings is 3. The van der Waals surface area contributed by atoms with Crippen molar-refractivity contribution in [2.45, 2.75) is 81.1 Å². The molecule has 3 aromatic carbocycles. The minimum absolute atomic E-state index is 0.0323. The zero-order valence-corrected chi connectivity index (χ0v) is 40.1. The summed E-state index contributed by atoms with van der Waals surface area (Å²) in [6.07, 6.45) is 13.5. The van der Waals surface area contributed by atoms with Gasteiger partial charge in [-0.1, -0.05) is 30.2 Å². The molecule has 0 aliphatic carbocycles. The summed E-state index contributed by atoms with van der Waals surface area (Å²) in [6, 6.07) is 10.4. The Morgan fingerprint density at radius 3 is 2.59 bits per heavy atom. The van der Waals surface area contributed by atoms with Gasteiger partial charge in [0.25, 0.3) is 11.8 Å². The number of piperidine rings is 1. The molecule has 5 N–H and O–H groups in total. The fourth-order valence-corrected chi connectivity index (χ4v) is 11.5. The molecule has 0 saturated carbocycles. The molecule has 5 aromatic rings. The minimum Gasteiger partial charge on any atom is -0.508 e. The number of pyridine rings is 1. The Balaban J connectivity index is 0.000000199. The van der Waals surface area contributed by atoms with Crippen LogP contribution in [0.4, 0.5) is 20.3 Å². The first-order valence-corrected chi connectivity index (χ1v) is 24.4. The average Bonchev–Trinajstić information content (AvgIpc) is 4.08. The van der Waals surface area contributed by atoms with Crippen molar-refractivity contribution in [1.82, 2.24) is 40.7 Å². The van der Waals surface area contributed by atoms with E-state index in [1.807, 2.05) is 0 Å². The van der Waals surface area contributed by atoms with Gasteiger partial charge in [0.1, 0.15) is 41.2 Å². The summed E-state index contributed by atoms with van der Waals surface area (Å²) in [5.74, 6) is -0.654. The SMILES string of the molecule is C#Cc1c(F)ccc2cc(O)cc(-c3ncc4c(N5CC6CCC(C5)N6)nc(OCC56CCC(COC)N5CC(=C)C6)nc4c3F)c12.O=CNCCCNc1cccc2c1C(=O)N(C1CCC(=O)NC1=O)C2=O. The van der Waals surface area contributed by atoms with Crippen molar-refractivity contribution >= 4 is 63.2 Å². The Kier molecular flexibility index (Phi) is 13.5. The molecule has 8 heterocycles. The van der Waals surface area contributed by atoms with Crippen LogP contribution < -0.4 is 30.9 Å². The molecule has 2 bridgehead atoms. The van der Waals surface area contributed by atoms with E-state index in [4.69, 9.17) is 20.9 Å². The van der Waals surface area contributed by atoms with Gasteiger partial charge in [-0.3, -0.25) is 44.1 Å². The average molecular weight is 997 g/mol. The highest BCUT2D eigenvalue weighted by Crippen LogP contribution is 2.45. The third-order valence-corrected chi connectivity index (χ3v) is 14.8. The normalized spacial score (nSPS) is 23.3. The summed E-state index contributed by atoms with van der Waals surface area (Å²) in [4.78, 5) is 78.7. The lowest BCUT2D eigenvalue weighted by atomic mass is 9.94. The molecule has 0 radical (unpaired) electrons. The summed E-state index contributed by atoms with van der Waals surface area (Å²) in [5.41, 5.74) is 1.91. The third-order valence-electron chi connectivity index (χ3n) is 14.8. The Morgan fingerprint density at radius 1 is 1.03 bits per heavy atom. The van der Waals surface area contributed by atoms with Crippen molar-refractivity contribution in [2.75, 3.05) is 63.3 Å². The van der Waals surface area contributed by atoms with Gasteiger partial charge in [-0.15, -0.1) is 6.42 Å². The van der Waals surface area contributed by atoms with Gasteiger partial charge < -0.3 is 35.4 Å². The van der Waals surface area contributed by atoms with Gasteiger partial charge in [0.05, 0.1) is 34.2 Å². The molecule has 2 aromatic heterocycles. The number of nitrogens with zero attached hydrogens (tertiary/aromatic N) is 6. The quantitative estimate of drug-likeness (QED) is 0.0338. The molecular formula is C53H54F2N10O8. The largest absolute Gasteiger partial charge is 0.508 e. The number of rotatable bonds is 14. The number of ether oxygens (including phenoxy) is 2. The molecule has 18 nitrogen and oxygen atoms in total. The lowest BCUT2D eigenvalue weighted by Gasteiger charge is -2.35. The highest BCUT2D eigenvalue weighted by molar-refractivity contribution is 6.25. The van der Waals surface area contributed by atoms with E-state index in [0.29, 0.717) is 86.6 Å². The topological polar surface area (TPSA) is 221 Å². The molecule has 5 fully saturated rings. The molecule has 73 heavy (non-hydrogen) atoms. The van der Waals surface area contributed by atoms with Crippen molar-refractivity contribution in [1.29, 1.82) is 0 Å². The number of carbonyl (C=O) groups excluding carboxylic acids is 5. The van der Waals surface area contributed by atoms with E-state index in [2.05, 4.69) is 53.5 Å². The molecule has 0 spiro atoms. The number of carbonyl (C=O) groups is 5. The van der Waals surface area contributed by atoms with Crippen LogP contribution in [-0.2, 0) is 19.1 Å². The second kappa shape index (κ2) is 20.1. The minimum atomic E-state index is -0.982. The van der Waals surface area contributed by atoms with E-state index in [1.54, 1.807) is 31.5 Å². The highest BCUT2D eigenvalue weighted by atomic mass is 19.1. The number of piperazine rings is 1. The van der Waals surface area contributed by atoms with Crippen LogP contribution in [0.15, 0.2) is 60.8 Å². The summed E-state index contributed by atoms with van der Waals surface area (Å²) in [7, 11) is 1.72. The number of fused-ring (bicyclic) bond motifs is 6. The maximum absolute atomic E-state index is 16.9. The number of aromatic hydroxyl groups is 1. The van der Waals surface area contributed by atoms with Crippen LogP contribution in [0.1, 0.15) is 77.6 Å². The molecule has 6 aliphatic heterocycles. The Bertz CT molecular complexity index is 3140. The molecular weight excluding hydrogens is 943 g/mol. The number of phenols is 1. The number of halogens is 2. The van der Waals surface area contributed by atoms with Crippen LogP contribution in [0.5, 0.6) is 11.8 Å². The van der Waals surface area contributed by atoms with Crippen LogP contribution in [0.3, 0.4) is 0 Å². The number of amides is 5. The molecule has 5 amide bonds. The van der Waals surface area contributed by atoms with Crippen molar-refractivity contribution in [3.63, 3.8) is 0 Å². The first-order valence-electron chi connectivity index (χ1n) is 24.4. The number of aromatic nitrogens is 3. The Labute approximate surface area is 418 Å². The van der Waals surface area contributed by atoms with Gasteiger partial charge in [0, 0.05) is 87.2 Å². The summed E-state index contributed by atoms with van der Waals surface area (Å²) < 4.78 is 43.7. The van der Waals surface area contributed by atoms with E-state index in [0.717, 1.165) is 49.1 Å². The van der Waals surface area contributed by atoms with Gasteiger partial charge in [-0.25, -0.2) is 8.78 Å². The molecule has 5 atom stereocenters. The number of phenolic OH excluding ortho intramolecular Hbond substituents is 1. The predicted octanol–water partition coefficient (Wildman–Crippen LogP) is 4.57. The predicted molar refractivity (Wildman–Crippen MR) is 266 cm³/mol. The lowest BCUT2D eigenvalue weighted by Crippen LogP contribution is -2.54. The summed E-state index contributed by atoms with van der Waals surface area (Å²) in [6.45, 7) is 8.42. The van der Waals surface area contributed by atoms with Crippen LogP contribution in [0, 0.1) is 24.0 Å². The van der Waals surface area contributed by atoms with E-state index < -0.39 is 41.3 Å². The molecule has 20 heteroatoms. The molecule has 5 saturated heterocycles. The number of methoxy groups -OCH3 is 1. The first-order chi connectivity index (χ1) is 35.3. The van der Waals surface area contributed by atoms with E-state index in [1.165, 1.54) is 24.3 Å². The molecule has 6 aliphatic rings. The fraction of sp³-hybridized carbons (Fsp3) is 0.396. The monoisotopic (exact) mass is 996 g/mol. The van der Waals surface area contributed by atoms with Gasteiger partial charge in [0.2, 0.25) is 18.2 Å². The van der Waals surface area contributed by atoms with Crippen molar-refractivity contribution < 1.29 is 47.3 Å². The standard InChI is InChI=1S/C36H36F2N6O3.C17H18N4O5/c1-4-26-29(37)8-5-21-11-25(45)12-27(30(21)26)32-31(38)33-28(14-39-32)34(43-16-22-6-7-23(17-43)40-22)42-35(41-33)47-19-36-10-9-24(18-46-3)44(36)15-20(2)13-36;22-9-18-7-2-8-19-11-4-1-3-10-14(11)17(26)21(16(10)25)12-5-6-13(23)20-15(12)24/h1,5,8,11-12,14,22-24,40,45H,2,6-7,9-10,13,15-19H2,3H3;1,3-4,9,12,19H,2,5-8H2,(H,18,22)(H,20,23,24).